The van der Waals surface area contributed by atoms with Crippen LogP contribution in [0.15, 0.2) is 24.3 Å². The molecular formula is C15H14O4S. The Morgan fingerprint density at radius 1 is 1.45 bits per heavy atom. The first-order valence-electron chi connectivity index (χ1n) is 5.74. The standard InChI is InChI=1S/C15H14O4S/c1-11(16)20-9-3-4-12-5-7-14(19-2)13(10-12)6-8-15(17)18/h5-8,10H,9H2,1-2H3,(H,17,18)/b8-6+. The quantitative estimate of drug-likeness (QED) is 0.681. The molecule has 5 heteroatoms. The van der Waals surface area contributed by atoms with Gasteiger partial charge in [0.25, 0.3) is 0 Å². The maximum absolute atomic E-state index is 10.8. The van der Waals surface area contributed by atoms with Crippen LogP contribution in [0.1, 0.15) is 18.1 Å². The second-order valence-electron chi connectivity index (χ2n) is 3.71. The van der Waals surface area contributed by atoms with Crippen molar-refractivity contribution in [2.45, 2.75) is 6.92 Å². The lowest BCUT2D eigenvalue weighted by Crippen LogP contribution is -1.90. The fraction of sp³-hybridized carbons (Fsp3) is 0.200. The van der Waals surface area contributed by atoms with Crippen molar-refractivity contribution in [3.05, 3.63) is 35.4 Å². The van der Waals surface area contributed by atoms with Crippen LogP contribution >= 0.6 is 11.8 Å². The number of carbonyl (C=O) groups excluding carboxylic acids is 1. The summed E-state index contributed by atoms with van der Waals surface area (Å²) in [7, 11) is 1.52. The molecular weight excluding hydrogens is 276 g/mol. The number of ether oxygens (including phenoxy) is 1. The van der Waals surface area contributed by atoms with Crippen molar-refractivity contribution in [2.75, 3.05) is 12.9 Å². The summed E-state index contributed by atoms with van der Waals surface area (Å²) in [4.78, 5) is 21.3. The highest BCUT2D eigenvalue weighted by molar-refractivity contribution is 8.13. The number of methoxy groups -OCH3 is 1. The largest absolute Gasteiger partial charge is 0.496 e. The number of hydrogen-bond acceptors (Lipinski definition) is 4. The molecule has 0 saturated heterocycles. The zero-order chi connectivity index (χ0) is 15.0. The third kappa shape index (κ3) is 5.63. The molecule has 0 fully saturated rings. The van der Waals surface area contributed by atoms with E-state index in [9.17, 15) is 9.59 Å². The van der Waals surface area contributed by atoms with Crippen molar-refractivity contribution in [1.29, 1.82) is 0 Å². The van der Waals surface area contributed by atoms with Crippen LogP contribution in [0.25, 0.3) is 6.08 Å². The van der Waals surface area contributed by atoms with E-state index < -0.39 is 5.97 Å². The first-order valence-corrected chi connectivity index (χ1v) is 6.72. The van der Waals surface area contributed by atoms with Crippen LogP contribution in [0.5, 0.6) is 5.75 Å². The number of thioether (sulfide) groups is 1. The van der Waals surface area contributed by atoms with E-state index in [2.05, 4.69) is 11.8 Å². The Morgan fingerprint density at radius 2 is 2.20 bits per heavy atom. The van der Waals surface area contributed by atoms with Crippen molar-refractivity contribution in [1.82, 2.24) is 0 Å². The van der Waals surface area contributed by atoms with Crippen LogP contribution in [0, 0.1) is 11.8 Å². The molecule has 0 bridgehead atoms. The van der Waals surface area contributed by atoms with Gasteiger partial charge in [-0.1, -0.05) is 23.6 Å². The van der Waals surface area contributed by atoms with E-state index in [0.29, 0.717) is 17.1 Å². The predicted octanol–water partition coefficient (Wildman–Crippen LogP) is 2.42. The lowest BCUT2D eigenvalue weighted by atomic mass is 10.1. The summed E-state index contributed by atoms with van der Waals surface area (Å²) in [5.41, 5.74) is 1.38. The first kappa shape index (κ1) is 15.9. The summed E-state index contributed by atoms with van der Waals surface area (Å²) >= 11 is 1.15. The Hall–Kier alpha value is -2.19. The average Bonchev–Trinajstić information content (AvgIpc) is 2.41. The van der Waals surface area contributed by atoms with Gasteiger partial charge in [-0.25, -0.2) is 4.79 Å². The molecule has 0 aliphatic heterocycles. The van der Waals surface area contributed by atoms with Crippen molar-refractivity contribution in [3.63, 3.8) is 0 Å². The van der Waals surface area contributed by atoms with Gasteiger partial charge in [0.15, 0.2) is 5.12 Å². The third-order valence-electron chi connectivity index (χ3n) is 2.22. The van der Waals surface area contributed by atoms with Gasteiger partial charge in [-0.05, 0) is 24.3 Å². The number of carboxylic acid groups (broad SMARTS) is 1. The highest BCUT2D eigenvalue weighted by Gasteiger charge is 2.01. The van der Waals surface area contributed by atoms with E-state index in [0.717, 1.165) is 23.4 Å². The zero-order valence-corrected chi connectivity index (χ0v) is 12.0. The Morgan fingerprint density at radius 3 is 2.80 bits per heavy atom. The summed E-state index contributed by atoms with van der Waals surface area (Å²) < 4.78 is 5.15. The summed E-state index contributed by atoms with van der Waals surface area (Å²) in [6, 6.07) is 5.25. The van der Waals surface area contributed by atoms with Crippen LogP contribution < -0.4 is 4.74 Å². The Balaban J connectivity index is 2.91. The molecule has 0 aromatic heterocycles. The molecule has 1 aromatic rings. The Kier molecular flexibility index (Phi) is 6.41. The van der Waals surface area contributed by atoms with E-state index >= 15 is 0 Å². The SMILES string of the molecule is COc1ccc(C#CCSC(C)=O)cc1/C=C/C(=O)O. The maximum Gasteiger partial charge on any atom is 0.328 e. The predicted molar refractivity (Wildman–Crippen MR) is 79.7 cm³/mol. The molecule has 20 heavy (non-hydrogen) atoms. The van der Waals surface area contributed by atoms with Crippen LogP contribution in [0.2, 0.25) is 0 Å². The molecule has 4 nitrogen and oxygen atoms in total. The number of carboxylic acids is 1. The lowest BCUT2D eigenvalue weighted by molar-refractivity contribution is -0.131. The molecule has 0 amide bonds. The zero-order valence-electron chi connectivity index (χ0n) is 11.2. The highest BCUT2D eigenvalue weighted by Crippen LogP contribution is 2.21. The Labute approximate surface area is 121 Å². The average molecular weight is 290 g/mol. The van der Waals surface area contributed by atoms with E-state index in [4.69, 9.17) is 9.84 Å². The molecule has 0 saturated carbocycles. The summed E-state index contributed by atoms with van der Waals surface area (Å²) in [6.07, 6.45) is 2.50. The minimum Gasteiger partial charge on any atom is -0.496 e. The number of rotatable bonds is 4. The Bertz CT molecular complexity index is 594. The van der Waals surface area contributed by atoms with Crippen LogP contribution in [-0.2, 0) is 9.59 Å². The molecule has 0 aliphatic rings. The number of aliphatic carboxylic acids is 1. The van der Waals surface area contributed by atoms with E-state index in [1.807, 2.05) is 0 Å². The minimum absolute atomic E-state index is 0.0270. The van der Waals surface area contributed by atoms with Gasteiger partial charge in [-0.2, -0.15) is 0 Å². The van der Waals surface area contributed by atoms with Gasteiger partial charge < -0.3 is 9.84 Å². The summed E-state index contributed by atoms with van der Waals surface area (Å²) in [6.45, 7) is 1.49. The highest BCUT2D eigenvalue weighted by atomic mass is 32.2. The number of hydrogen-bond donors (Lipinski definition) is 1. The fourth-order valence-corrected chi connectivity index (χ4v) is 1.73. The second-order valence-corrected chi connectivity index (χ2v) is 4.86. The topological polar surface area (TPSA) is 63.6 Å². The van der Waals surface area contributed by atoms with Crippen LogP contribution in [-0.4, -0.2) is 29.1 Å². The van der Waals surface area contributed by atoms with E-state index in [1.54, 1.807) is 18.2 Å². The molecule has 0 spiro atoms. The van der Waals surface area contributed by atoms with Crippen LogP contribution in [0.3, 0.4) is 0 Å². The smallest absolute Gasteiger partial charge is 0.328 e. The molecule has 0 aliphatic carbocycles. The van der Waals surface area contributed by atoms with Crippen molar-refractivity contribution in [2.24, 2.45) is 0 Å². The van der Waals surface area contributed by atoms with E-state index in [1.165, 1.54) is 20.1 Å². The van der Waals surface area contributed by atoms with Crippen LogP contribution in [0.4, 0.5) is 0 Å². The molecule has 1 N–H and O–H groups in total. The summed E-state index contributed by atoms with van der Waals surface area (Å²) in [5.74, 6) is 5.77. The third-order valence-corrected chi connectivity index (χ3v) is 2.91. The second kappa shape index (κ2) is 8.08. The molecule has 0 radical (unpaired) electrons. The van der Waals surface area contributed by atoms with Gasteiger partial charge in [0, 0.05) is 24.1 Å². The van der Waals surface area contributed by atoms with Crippen molar-refractivity contribution >= 4 is 28.9 Å². The minimum atomic E-state index is -1.03. The molecule has 0 atom stereocenters. The van der Waals surface area contributed by atoms with Gasteiger partial charge in [0.05, 0.1) is 12.9 Å². The van der Waals surface area contributed by atoms with Gasteiger partial charge in [0.2, 0.25) is 0 Å². The number of carbonyl (C=O) groups is 2. The molecule has 104 valence electrons. The van der Waals surface area contributed by atoms with Gasteiger partial charge in [-0.3, -0.25) is 4.79 Å². The molecule has 0 unspecified atom stereocenters. The van der Waals surface area contributed by atoms with Gasteiger partial charge >= 0.3 is 5.97 Å². The molecule has 0 heterocycles. The molecule has 1 rings (SSSR count). The van der Waals surface area contributed by atoms with E-state index in [-0.39, 0.29) is 5.12 Å². The summed E-state index contributed by atoms with van der Waals surface area (Å²) in [5, 5.41) is 8.67. The number of benzene rings is 1. The monoisotopic (exact) mass is 290 g/mol. The van der Waals surface area contributed by atoms with Gasteiger partial charge in [-0.15, -0.1) is 0 Å². The maximum atomic E-state index is 10.8. The first-order chi connectivity index (χ1) is 9.52. The van der Waals surface area contributed by atoms with Crippen molar-refractivity contribution < 1.29 is 19.4 Å². The lowest BCUT2D eigenvalue weighted by Gasteiger charge is -2.04. The van der Waals surface area contributed by atoms with Gasteiger partial charge in [0.1, 0.15) is 5.75 Å². The van der Waals surface area contributed by atoms with Crippen molar-refractivity contribution in [3.8, 4) is 17.6 Å². The fourth-order valence-electron chi connectivity index (χ4n) is 1.38. The normalized spacial score (nSPS) is 9.90. The molecule has 1 aromatic carbocycles.